The van der Waals surface area contributed by atoms with Gasteiger partial charge in [-0.25, -0.2) is 4.79 Å². The number of Topliss-reactive ketones (excluding diaryl/α,β-unsaturated/α-hetero) is 1. The van der Waals surface area contributed by atoms with Gasteiger partial charge in [-0.05, 0) is 75.6 Å². The number of alkyl halides is 3. The third-order valence-corrected chi connectivity index (χ3v) is 6.62. The number of furan rings is 1. The molecular formula is C34H34F3NO7. The first-order chi connectivity index (χ1) is 21.1. The monoisotopic (exact) mass is 625 g/mol. The number of rotatable bonds is 10. The Hall–Kier alpha value is -4.80. The second-order valence-corrected chi connectivity index (χ2v) is 11.4. The van der Waals surface area contributed by atoms with Crippen LogP contribution in [0.25, 0.3) is 22.1 Å². The number of esters is 1. The van der Waals surface area contributed by atoms with E-state index >= 15 is 0 Å². The number of alkyl carbamates (subject to hydrolysis) is 1. The molecule has 11 heteroatoms. The third-order valence-electron chi connectivity index (χ3n) is 6.62. The first-order valence-electron chi connectivity index (χ1n) is 14.2. The Morgan fingerprint density at radius 3 is 2.38 bits per heavy atom. The normalized spacial score (nSPS) is 11.7. The summed E-state index contributed by atoms with van der Waals surface area (Å²) in [5.41, 5.74) is 1.22. The first-order valence-corrected chi connectivity index (χ1v) is 14.2. The predicted octanol–water partition coefficient (Wildman–Crippen LogP) is 8.03. The molecule has 0 fully saturated rings. The van der Waals surface area contributed by atoms with Crippen LogP contribution in [0.2, 0.25) is 0 Å². The van der Waals surface area contributed by atoms with E-state index in [1.165, 1.54) is 19.1 Å². The maximum Gasteiger partial charge on any atom is 0.420 e. The fourth-order valence-corrected chi connectivity index (χ4v) is 4.63. The molecule has 8 nitrogen and oxygen atoms in total. The van der Waals surface area contributed by atoms with Crippen molar-refractivity contribution < 1.29 is 46.2 Å². The van der Waals surface area contributed by atoms with Gasteiger partial charge in [-0.2, -0.15) is 13.2 Å². The average molecular weight is 626 g/mol. The summed E-state index contributed by atoms with van der Waals surface area (Å²) in [4.78, 5) is 36.4. The number of carbonyl (C=O) groups is 3. The smallest absolute Gasteiger partial charge is 0.420 e. The van der Waals surface area contributed by atoms with E-state index in [1.54, 1.807) is 70.2 Å². The topological polar surface area (TPSA) is 104 Å². The van der Waals surface area contributed by atoms with Crippen molar-refractivity contribution in [2.24, 2.45) is 0 Å². The molecule has 4 rings (SSSR count). The van der Waals surface area contributed by atoms with Gasteiger partial charge >= 0.3 is 18.2 Å². The number of hydrogen-bond acceptors (Lipinski definition) is 7. The molecule has 0 radical (unpaired) electrons. The van der Waals surface area contributed by atoms with Gasteiger partial charge in [-0.1, -0.05) is 30.3 Å². The quantitative estimate of drug-likeness (QED) is 0.141. The summed E-state index contributed by atoms with van der Waals surface area (Å²) in [6.07, 6.45) is -4.72. The highest BCUT2D eigenvalue weighted by molar-refractivity contribution is 5.96. The van der Waals surface area contributed by atoms with Crippen LogP contribution in [0.15, 0.2) is 65.3 Å². The lowest BCUT2D eigenvalue weighted by Gasteiger charge is -2.19. The molecule has 1 heterocycles. The zero-order valence-corrected chi connectivity index (χ0v) is 25.6. The molecule has 0 atom stereocenters. The Labute approximate surface area is 258 Å². The van der Waals surface area contributed by atoms with E-state index in [1.807, 2.05) is 0 Å². The molecule has 1 N–H and O–H groups in total. The second-order valence-electron chi connectivity index (χ2n) is 11.4. The highest BCUT2D eigenvalue weighted by Crippen LogP contribution is 2.41. The molecule has 0 aliphatic rings. The highest BCUT2D eigenvalue weighted by atomic mass is 19.4. The van der Waals surface area contributed by atoms with Crippen molar-refractivity contribution in [2.45, 2.75) is 66.0 Å². The van der Waals surface area contributed by atoms with Gasteiger partial charge < -0.3 is 23.9 Å². The fourth-order valence-electron chi connectivity index (χ4n) is 4.63. The van der Waals surface area contributed by atoms with Crippen LogP contribution < -0.4 is 10.1 Å². The van der Waals surface area contributed by atoms with E-state index in [2.05, 4.69) is 5.32 Å². The van der Waals surface area contributed by atoms with Gasteiger partial charge in [0.05, 0.1) is 13.0 Å². The molecule has 1 aromatic heterocycles. The van der Waals surface area contributed by atoms with Crippen LogP contribution >= 0.6 is 0 Å². The van der Waals surface area contributed by atoms with E-state index in [0.29, 0.717) is 39.6 Å². The summed E-state index contributed by atoms with van der Waals surface area (Å²) in [6.45, 7) is 8.44. The standard InChI is InChI=1S/C34H34F3NO7/c1-6-42-30(40)16-25-11-10-23(20(2)39)15-29(25)43-18-22-13-26(31-27(14-22)28(19-44-31)34(35,36)37)24-9-7-8-21(12-24)17-38-32(41)45-33(3,4)5/h7-15,19H,6,16-18H2,1-5H3,(H,38,41). The lowest BCUT2D eigenvalue weighted by molar-refractivity contribution is -0.142. The number of nitrogens with one attached hydrogen (secondary N) is 1. The zero-order valence-electron chi connectivity index (χ0n) is 25.6. The van der Waals surface area contributed by atoms with E-state index < -0.39 is 29.4 Å². The van der Waals surface area contributed by atoms with Crippen molar-refractivity contribution in [3.05, 3.63) is 88.7 Å². The van der Waals surface area contributed by atoms with Crippen LogP contribution in [-0.2, 0) is 40.0 Å². The predicted molar refractivity (Wildman–Crippen MR) is 161 cm³/mol. The minimum Gasteiger partial charge on any atom is -0.489 e. The van der Waals surface area contributed by atoms with Crippen LogP contribution in [-0.4, -0.2) is 30.1 Å². The maximum atomic E-state index is 14.0. The number of halogens is 3. The SMILES string of the molecule is CCOC(=O)Cc1ccc(C(C)=O)cc1OCc1cc(-c2cccc(CNC(=O)OC(C)(C)C)c2)c2occ(C(F)(F)F)c2c1. The van der Waals surface area contributed by atoms with Crippen LogP contribution in [0.4, 0.5) is 18.0 Å². The molecule has 0 saturated carbocycles. The number of carbonyl (C=O) groups excluding carboxylic acids is 3. The Morgan fingerprint density at radius 1 is 0.956 bits per heavy atom. The minimum atomic E-state index is -4.68. The fraction of sp³-hybridized carbons (Fsp3) is 0.324. The summed E-state index contributed by atoms with van der Waals surface area (Å²) in [5, 5.41) is 2.52. The van der Waals surface area contributed by atoms with Gasteiger partial charge in [0, 0.05) is 28.6 Å². The Bertz CT molecular complexity index is 1720. The summed E-state index contributed by atoms with van der Waals surface area (Å²) in [5.74, 6) is -0.479. The molecule has 0 unspecified atom stereocenters. The molecule has 238 valence electrons. The van der Waals surface area contributed by atoms with Crippen LogP contribution in [0.1, 0.15) is 67.2 Å². The van der Waals surface area contributed by atoms with Crippen molar-refractivity contribution >= 4 is 28.8 Å². The maximum absolute atomic E-state index is 14.0. The zero-order chi connectivity index (χ0) is 32.9. The number of amides is 1. The third kappa shape index (κ3) is 8.65. The second kappa shape index (κ2) is 13.5. The molecule has 0 aliphatic heterocycles. The number of ketones is 1. The van der Waals surface area contributed by atoms with Gasteiger partial charge in [0.15, 0.2) is 5.78 Å². The Morgan fingerprint density at radius 2 is 1.71 bits per heavy atom. The molecule has 0 aliphatic carbocycles. The van der Waals surface area contributed by atoms with Crippen molar-refractivity contribution in [2.75, 3.05) is 6.61 Å². The molecule has 0 bridgehead atoms. The molecule has 1 amide bonds. The van der Waals surface area contributed by atoms with Crippen molar-refractivity contribution in [1.82, 2.24) is 5.32 Å². The Kier molecular flexibility index (Phi) is 9.90. The summed E-state index contributed by atoms with van der Waals surface area (Å²) < 4.78 is 63.7. The number of fused-ring (bicyclic) bond motifs is 1. The van der Waals surface area contributed by atoms with Gasteiger partial charge in [-0.3, -0.25) is 9.59 Å². The van der Waals surface area contributed by atoms with Crippen LogP contribution in [0, 0.1) is 0 Å². The van der Waals surface area contributed by atoms with E-state index in [-0.39, 0.29) is 48.7 Å². The molecule has 0 saturated heterocycles. The van der Waals surface area contributed by atoms with Gasteiger partial charge in [0.1, 0.15) is 35.4 Å². The van der Waals surface area contributed by atoms with Crippen molar-refractivity contribution in [1.29, 1.82) is 0 Å². The molecular weight excluding hydrogens is 591 g/mol. The molecule has 0 spiro atoms. The summed E-state index contributed by atoms with van der Waals surface area (Å²) >= 11 is 0. The van der Waals surface area contributed by atoms with E-state index in [9.17, 15) is 27.6 Å². The van der Waals surface area contributed by atoms with Crippen LogP contribution in [0.5, 0.6) is 5.75 Å². The number of benzene rings is 3. The van der Waals surface area contributed by atoms with Crippen molar-refractivity contribution in [3.8, 4) is 16.9 Å². The lowest BCUT2D eigenvalue weighted by atomic mass is 9.97. The van der Waals surface area contributed by atoms with Gasteiger partial charge in [0.2, 0.25) is 0 Å². The molecule has 4 aromatic rings. The largest absolute Gasteiger partial charge is 0.489 e. The minimum absolute atomic E-state index is 0.0323. The van der Waals surface area contributed by atoms with Crippen molar-refractivity contribution in [3.63, 3.8) is 0 Å². The summed E-state index contributed by atoms with van der Waals surface area (Å²) in [6, 6.07) is 14.6. The summed E-state index contributed by atoms with van der Waals surface area (Å²) in [7, 11) is 0. The number of hydrogen-bond donors (Lipinski definition) is 1. The average Bonchev–Trinajstić information content (AvgIpc) is 3.39. The molecule has 3 aromatic carbocycles. The molecule has 45 heavy (non-hydrogen) atoms. The first kappa shape index (κ1) is 33.1. The van der Waals surface area contributed by atoms with Crippen LogP contribution in [0.3, 0.4) is 0 Å². The van der Waals surface area contributed by atoms with E-state index in [0.717, 1.165) is 0 Å². The van der Waals surface area contributed by atoms with Gasteiger partial charge in [0.25, 0.3) is 0 Å². The lowest BCUT2D eigenvalue weighted by Crippen LogP contribution is -2.32. The van der Waals surface area contributed by atoms with Gasteiger partial charge in [-0.15, -0.1) is 0 Å². The van der Waals surface area contributed by atoms with E-state index in [4.69, 9.17) is 18.6 Å². The Balaban J connectivity index is 1.70. The number of ether oxygens (including phenoxy) is 3. The highest BCUT2D eigenvalue weighted by Gasteiger charge is 2.35.